The Labute approximate surface area is 351 Å². The van der Waals surface area contributed by atoms with Gasteiger partial charge in [-0.2, -0.15) is 0 Å². The Balaban J connectivity index is 1.12. The Hall–Kier alpha value is -7.86. The number of rotatable bonds is 2. The minimum Gasteiger partial charge on any atom is -0.308 e. The lowest BCUT2D eigenvalue weighted by Gasteiger charge is -2.16. The van der Waals surface area contributed by atoms with Gasteiger partial charge < -0.3 is 4.40 Å². The predicted octanol–water partition coefficient (Wildman–Crippen LogP) is 15.4. The Morgan fingerprint density at radius 1 is 0.344 bits per heavy atom. The summed E-state index contributed by atoms with van der Waals surface area (Å²) in [6, 6.07) is 66.7. The quantitative estimate of drug-likeness (QED) is 0.164. The number of fused-ring (bicyclic) bond motifs is 21. The molecule has 15 rings (SSSR count). The van der Waals surface area contributed by atoms with Gasteiger partial charge in [-0.3, -0.25) is 4.57 Å². The van der Waals surface area contributed by atoms with Gasteiger partial charge in [-0.1, -0.05) is 146 Å². The van der Waals surface area contributed by atoms with E-state index in [1.54, 1.807) is 0 Å². The average molecular weight is 791 g/mol. The van der Waals surface area contributed by atoms with Gasteiger partial charge in [0, 0.05) is 74.2 Å². The number of benzene rings is 10. The summed E-state index contributed by atoms with van der Waals surface area (Å²) in [5, 5.41) is 18.2. The van der Waals surface area contributed by atoms with Crippen LogP contribution < -0.4 is 0 Å². The van der Waals surface area contributed by atoms with Gasteiger partial charge in [-0.15, -0.1) is 11.3 Å². The van der Waals surface area contributed by atoms with E-state index in [1.165, 1.54) is 90.6 Å². The van der Waals surface area contributed by atoms with Gasteiger partial charge in [0.15, 0.2) is 0 Å². The molecule has 61 heavy (non-hydrogen) atoms. The second-order valence-corrected chi connectivity index (χ2v) is 17.5. The van der Waals surface area contributed by atoms with Crippen molar-refractivity contribution in [2.75, 3.05) is 0 Å². The van der Waals surface area contributed by atoms with Crippen LogP contribution in [0.5, 0.6) is 0 Å². The summed E-state index contributed by atoms with van der Waals surface area (Å²) in [6.07, 6.45) is 0. The molecule has 0 radical (unpaired) electrons. The number of para-hydroxylation sites is 3. The molecular formula is C56H30N4S. The van der Waals surface area contributed by atoms with Crippen LogP contribution in [-0.4, -0.2) is 18.9 Å². The van der Waals surface area contributed by atoms with E-state index in [0.29, 0.717) is 5.95 Å². The monoisotopic (exact) mass is 790 g/mol. The lowest BCUT2D eigenvalue weighted by atomic mass is 9.94. The number of thiophene rings is 1. The van der Waals surface area contributed by atoms with E-state index < -0.39 is 0 Å². The normalized spacial score (nSPS) is 12.6. The fraction of sp³-hybridized carbons (Fsp3) is 0. The smallest absolute Gasteiger partial charge is 0.235 e. The van der Waals surface area contributed by atoms with Gasteiger partial charge in [-0.05, 0) is 57.9 Å². The SMILES string of the molecule is c1ccc2c(c1)sc1ccc(-c3nc(-n4c5ccccc5c5ccc6c(ccc7c6c6cccc8c9ccccc9n7c86)c54)nc4c5ccccc5c5ccccc5c34)cc12. The van der Waals surface area contributed by atoms with Gasteiger partial charge in [0.1, 0.15) is 0 Å². The van der Waals surface area contributed by atoms with Crippen LogP contribution in [0.2, 0.25) is 0 Å². The highest BCUT2D eigenvalue weighted by molar-refractivity contribution is 7.25. The molecule has 0 fully saturated rings. The summed E-state index contributed by atoms with van der Waals surface area (Å²) < 4.78 is 7.38. The van der Waals surface area contributed by atoms with Crippen LogP contribution in [0.15, 0.2) is 182 Å². The zero-order valence-corrected chi connectivity index (χ0v) is 33.3. The third-order valence-electron chi connectivity index (χ3n) is 13.4. The molecule has 0 aliphatic carbocycles. The minimum atomic E-state index is 0.664. The van der Waals surface area contributed by atoms with Crippen molar-refractivity contribution in [1.82, 2.24) is 18.9 Å². The Morgan fingerprint density at radius 3 is 1.77 bits per heavy atom. The molecule has 0 amide bonds. The van der Waals surface area contributed by atoms with Crippen LogP contribution in [0, 0.1) is 0 Å². The molecule has 0 aliphatic heterocycles. The number of nitrogens with zero attached hydrogens (tertiary/aromatic N) is 4. The molecule has 0 atom stereocenters. The maximum atomic E-state index is 5.76. The van der Waals surface area contributed by atoms with E-state index in [4.69, 9.17) is 9.97 Å². The first-order valence-corrected chi connectivity index (χ1v) is 21.7. The molecule has 0 N–H and O–H groups in total. The van der Waals surface area contributed by atoms with Gasteiger partial charge in [0.2, 0.25) is 5.95 Å². The van der Waals surface area contributed by atoms with Gasteiger partial charge in [0.05, 0.1) is 38.8 Å². The fourth-order valence-corrected chi connectivity index (χ4v) is 12.0. The lowest BCUT2D eigenvalue weighted by Crippen LogP contribution is -2.04. The van der Waals surface area contributed by atoms with Gasteiger partial charge in [-0.25, -0.2) is 9.97 Å². The summed E-state index contributed by atoms with van der Waals surface area (Å²) in [5.74, 6) is 0.664. The van der Waals surface area contributed by atoms with Crippen molar-refractivity contribution in [3.05, 3.63) is 182 Å². The predicted molar refractivity (Wildman–Crippen MR) is 259 cm³/mol. The molecule has 5 heterocycles. The molecule has 0 unspecified atom stereocenters. The average Bonchev–Trinajstić information content (AvgIpc) is 4.07. The third kappa shape index (κ3) is 4.04. The maximum absolute atomic E-state index is 5.76. The zero-order valence-electron chi connectivity index (χ0n) is 32.5. The summed E-state index contributed by atoms with van der Waals surface area (Å²) in [7, 11) is 0. The summed E-state index contributed by atoms with van der Waals surface area (Å²) in [6.45, 7) is 0. The number of hydrogen-bond acceptors (Lipinski definition) is 3. The summed E-state index contributed by atoms with van der Waals surface area (Å²) >= 11 is 1.84. The van der Waals surface area contributed by atoms with Crippen LogP contribution >= 0.6 is 11.3 Å². The van der Waals surface area contributed by atoms with Crippen LogP contribution in [0.3, 0.4) is 0 Å². The second-order valence-electron chi connectivity index (χ2n) is 16.4. The highest BCUT2D eigenvalue weighted by Crippen LogP contribution is 2.46. The van der Waals surface area contributed by atoms with E-state index in [-0.39, 0.29) is 0 Å². The Morgan fingerprint density at radius 2 is 0.918 bits per heavy atom. The van der Waals surface area contributed by atoms with Gasteiger partial charge in [0.25, 0.3) is 0 Å². The highest BCUT2D eigenvalue weighted by Gasteiger charge is 2.24. The fourth-order valence-electron chi connectivity index (χ4n) is 10.9. The van der Waals surface area contributed by atoms with Crippen molar-refractivity contribution < 1.29 is 0 Å². The Bertz CT molecular complexity index is 4410. The van der Waals surface area contributed by atoms with Crippen LogP contribution in [-0.2, 0) is 0 Å². The first kappa shape index (κ1) is 32.0. The molecule has 4 nitrogen and oxygen atoms in total. The third-order valence-corrected chi connectivity index (χ3v) is 14.6. The molecule has 0 bridgehead atoms. The van der Waals surface area contributed by atoms with E-state index in [0.717, 1.165) is 44.0 Å². The molecule has 0 saturated heterocycles. The van der Waals surface area contributed by atoms with Gasteiger partial charge >= 0.3 is 0 Å². The minimum absolute atomic E-state index is 0.664. The van der Waals surface area contributed by atoms with Crippen LogP contribution in [0.25, 0.3) is 140 Å². The van der Waals surface area contributed by atoms with E-state index in [2.05, 4.69) is 191 Å². The molecule has 10 aromatic carbocycles. The highest BCUT2D eigenvalue weighted by atomic mass is 32.1. The first-order chi connectivity index (χ1) is 30.3. The first-order valence-electron chi connectivity index (χ1n) is 20.8. The van der Waals surface area contributed by atoms with E-state index >= 15 is 0 Å². The van der Waals surface area contributed by atoms with Crippen molar-refractivity contribution >= 4 is 135 Å². The zero-order chi connectivity index (χ0) is 39.5. The van der Waals surface area contributed by atoms with Crippen molar-refractivity contribution in [2.24, 2.45) is 0 Å². The molecule has 15 aromatic rings. The molecule has 0 spiro atoms. The maximum Gasteiger partial charge on any atom is 0.235 e. The van der Waals surface area contributed by atoms with Crippen molar-refractivity contribution in [2.45, 2.75) is 0 Å². The number of aromatic nitrogens is 4. The standard InChI is InChI=1S/C56H30N4S/c1-3-17-37-32(12-1)33-13-2-4-18-39(33)53-51(37)52(31-24-29-49-44(30-31)36-16-7-10-23-48(36)61-49)57-56(58-53)60-46-22-9-6-15-35(46)41-26-25-38-42(54(41)60)27-28-47-50(38)43-20-11-19-40-34-14-5-8-21-45(34)59(47)55(40)43/h1-30H. The second kappa shape index (κ2) is 11.4. The lowest BCUT2D eigenvalue weighted by molar-refractivity contribution is 1.02. The topological polar surface area (TPSA) is 35.1 Å². The molecule has 0 aliphatic rings. The molecule has 5 heteroatoms. The van der Waals surface area contributed by atoms with Crippen LogP contribution in [0.4, 0.5) is 0 Å². The van der Waals surface area contributed by atoms with Crippen molar-refractivity contribution in [3.63, 3.8) is 0 Å². The molecule has 5 aromatic heterocycles. The molecular weight excluding hydrogens is 761 g/mol. The van der Waals surface area contributed by atoms with E-state index in [1.807, 2.05) is 11.3 Å². The van der Waals surface area contributed by atoms with E-state index in [9.17, 15) is 0 Å². The van der Waals surface area contributed by atoms with Crippen molar-refractivity contribution in [3.8, 4) is 17.2 Å². The van der Waals surface area contributed by atoms with Crippen LogP contribution in [0.1, 0.15) is 0 Å². The summed E-state index contributed by atoms with van der Waals surface area (Å²) in [4.78, 5) is 11.5. The number of hydrogen-bond donors (Lipinski definition) is 0. The summed E-state index contributed by atoms with van der Waals surface area (Å²) in [5.41, 5.74) is 8.91. The molecule has 280 valence electrons. The Kier molecular flexibility index (Phi) is 6.01. The molecule has 0 saturated carbocycles. The van der Waals surface area contributed by atoms with Crippen molar-refractivity contribution in [1.29, 1.82) is 0 Å². The largest absolute Gasteiger partial charge is 0.308 e.